The number of hydrogen-bond donors (Lipinski definition) is 1. The molecule has 5 nitrogen and oxygen atoms in total. The third-order valence-electron chi connectivity index (χ3n) is 1.96. The molecule has 106 valence electrons. The third-order valence-corrected chi connectivity index (χ3v) is 2.56. The van der Waals surface area contributed by atoms with Gasteiger partial charge in [0.1, 0.15) is 12.2 Å². The molecule has 0 spiro atoms. The number of alkyl carbamates (subject to hydrolysis) is 1. The zero-order chi connectivity index (χ0) is 14.5. The topological polar surface area (TPSA) is 60.5 Å². The normalized spacial score (nSPS) is 12.7. The van der Waals surface area contributed by atoms with Crippen LogP contribution in [0.2, 0.25) is 0 Å². The van der Waals surface area contributed by atoms with Crippen molar-refractivity contribution in [1.29, 1.82) is 0 Å². The maximum absolute atomic E-state index is 11.5. The van der Waals surface area contributed by atoms with Crippen LogP contribution < -0.4 is 10.1 Å². The predicted molar refractivity (Wildman–Crippen MR) is 76.3 cm³/mol. The zero-order valence-electron chi connectivity index (χ0n) is 11.6. The molecule has 0 bridgehead atoms. The van der Waals surface area contributed by atoms with Crippen LogP contribution in [-0.2, 0) is 4.74 Å². The maximum atomic E-state index is 11.5. The molecule has 0 aliphatic heterocycles. The Balaban J connectivity index is 2.38. The van der Waals surface area contributed by atoms with E-state index in [2.05, 4.69) is 26.2 Å². The highest BCUT2D eigenvalue weighted by molar-refractivity contribution is 9.10. The first-order valence-electron chi connectivity index (χ1n) is 6.01. The van der Waals surface area contributed by atoms with Crippen LogP contribution >= 0.6 is 15.9 Å². The first kappa shape index (κ1) is 15.8. The molecule has 0 aliphatic rings. The molecule has 0 aliphatic carbocycles. The van der Waals surface area contributed by atoms with Crippen LogP contribution in [0, 0.1) is 0 Å². The van der Waals surface area contributed by atoms with E-state index in [1.807, 2.05) is 33.8 Å². The molecular formula is C13H19BrN2O3. The fourth-order valence-corrected chi connectivity index (χ4v) is 1.60. The highest BCUT2D eigenvalue weighted by atomic mass is 79.9. The van der Waals surface area contributed by atoms with Crippen molar-refractivity contribution in [2.24, 2.45) is 0 Å². The first-order valence-corrected chi connectivity index (χ1v) is 6.80. The number of pyridine rings is 1. The minimum Gasteiger partial charge on any atom is -0.475 e. The van der Waals surface area contributed by atoms with Gasteiger partial charge in [-0.3, -0.25) is 0 Å². The number of carbonyl (C=O) groups excluding carboxylic acids is 1. The van der Waals surface area contributed by atoms with Crippen LogP contribution in [-0.4, -0.2) is 29.3 Å². The number of hydrogen-bond acceptors (Lipinski definition) is 4. The van der Waals surface area contributed by atoms with Gasteiger partial charge in [0.2, 0.25) is 5.88 Å². The number of carbonyl (C=O) groups is 1. The predicted octanol–water partition coefficient (Wildman–Crippen LogP) is 3.14. The van der Waals surface area contributed by atoms with E-state index in [1.165, 1.54) is 0 Å². The fourth-order valence-electron chi connectivity index (χ4n) is 1.23. The van der Waals surface area contributed by atoms with Crippen molar-refractivity contribution < 1.29 is 14.3 Å². The summed E-state index contributed by atoms with van der Waals surface area (Å²) in [5.74, 6) is 0.500. The van der Waals surface area contributed by atoms with Gasteiger partial charge in [-0.2, -0.15) is 0 Å². The van der Waals surface area contributed by atoms with E-state index in [-0.39, 0.29) is 6.04 Å². The molecule has 19 heavy (non-hydrogen) atoms. The second-order valence-electron chi connectivity index (χ2n) is 5.15. The van der Waals surface area contributed by atoms with Crippen LogP contribution in [0.25, 0.3) is 0 Å². The quantitative estimate of drug-likeness (QED) is 0.921. The highest BCUT2D eigenvalue weighted by Gasteiger charge is 2.18. The average molecular weight is 331 g/mol. The Morgan fingerprint density at radius 1 is 1.53 bits per heavy atom. The number of nitrogens with one attached hydrogen (secondary N) is 1. The summed E-state index contributed by atoms with van der Waals surface area (Å²) < 4.78 is 11.4. The minimum atomic E-state index is -0.505. The molecular weight excluding hydrogens is 312 g/mol. The second kappa shape index (κ2) is 6.75. The molecule has 0 aromatic carbocycles. The summed E-state index contributed by atoms with van der Waals surface area (Å²) in [6.45, 7) is 7.60. The number of amides is 1. The Hall–Kier alpha value is -1.30. The second-order valence-corrected chi connectivity index (χ2v) is 6.00. The standard InChI is InChI=1S/C13H19BrN2O3/c1-9(16-12(17)19-13(2,3)4)8-18-11-10(14)6-5-7-15-11/h5-7,9H,8H2,1-4H3,(H,16,17). The highest BCUT2D eigenvalue weighted by Crippen LogP contribution is 2.20. The lowest BCUT2D eigenvalue weighted by molar-refractivity contribution is 0.0493. The molecule has 0 fully saturated rings. The van der Waals surface area contributed by atoms with Gasteiger partial charge in [-0.1, -0.05) is 0 Å². The molecule has 1 amide bonds. The van der Waals surface area contributed by atoms with E-state index >= 15 is 0 Å². The summed E-state index contributed by atoms with van der Waals surface area (Å²) in [6.07, 6.45) is 1.19. The van der Waals surface area contributed by atoms with Gasteiger partial charge in [-0.15, -0.1) is 0 Å². The van der Waals surface area contributed by atoms with Crippen molar-refractivity contribution in [3.8, 4) is 5.88 Å². The molecule has 1 aromatic rings. The van der Waals surface area contributed by atoms with E-state index in [1.54, 1.807) is 12.3 Å². The summed E-state index contributed by atoms with van der Waals surface area (Å²) >= 11 is 3.34. The Labute approximate surface area is 121 Å². The summed E-state index contributed by atoms with van der Waals surface area (Å²) in [4.78, 5) is 15.6. The Morgan fingerprint density at radius 2 is 2.21 bits per heavy atom. The van der Waals surface area contributed by atoms with E-state index in [0.29, 0.717) is 12.5 Å². The van der Waals surface area contributed by atoms with Gasteiger partial charge in [0.05, 0.1) is 10.5 Å². The third kappa shape index (κ3) is 6.42. The average Bonchev–Trinajstić information content (AvgIpc) is 2.25. The summed E-state index contributed by atoms with van der Waals surface area (Å²) in [7, 11) is 0. The van der Waals surface area contributed by atoms with Gasteiger partial charge in [0.15, 0.2) is 0 Å². The lowest BCUT2D eigenvalue weighted by Gasteiger charge is -2.22. The SMILES string of the molecule is CC(COc1ncccc1Br)NC(=O)OC(C)(C)C. The molecule has 1 N–H and O–H groups in total. The number of halogens is 1. The van der Waals surface area contributed by atoms with Crippen LogP contribution in [0.3, 0.4) is 0 Å². The molecule has 6 heteroatoms. The molecule has 0 saturated carbocycles. The summed E-state index contributed by atoms with van der Waals surface area (Å²) in [5.41, 5.74) is -0.505. The monoisotopic (exact) mass is 330 g/mol. The Kier molecular flexibility index (Phi) is 5.60. The van der Waals surface area contributed by atoms with Crippen LogP contribution in [0.4, 0.5) is 4.79 Å². The zero-order valence-corrected chi connectivity index (χ0v) is 13.2. The lowest BCUT2D eigenvalue weighted by atomic mass is 10.2. The Morgan fingerprint density at radius 3 is 2.79 bits per heavy atom. The van der Waals surface area contributed by atoms with E-state index in [0.717, 1.165) is 4.47 Å². The van der Waals surface area contributed by atoms with Crippen molar-refractivity contribution in [2.45, 2.75) is 39.3 Å². The van der Waals surface area contributed by atoms with E-state index in [4.69, 9.17) is 9.47 Å². The van der Waals surface area contributed by atoms with Crippen molar-refractivity contribution in [3.05, 3.63) is 22.8 Å². The van der Waals surface area contributed by atoms with Crippen LogP contribution in [0.5, 0.6) is 5.88 Å². The molecule has 0 saturated heterocycles. The fraction of sp³-hybridized carbons (Fsp3) is 0.538. The van der Waals surface area contributed by atoms with Gasteiger partial charge in [0, 0.05) is 6.20 Å². The molecule has 0 radical (unpaired) electrons. The van der Waals surface area contributed by atoms with Gasteiger partial charge in [-0.25, -0.2) is 9.78 Å². The molecule has 1 heterocycles. The van der Waals surface area contributed by atoms with Crippen LogP contribution in [0.15, 0.2) is 22.8 Å². The van der Waals surface area contributed by atoms with E-state index < -0.39 is 11.7 Å². The van der Waals surface area contributed by atoms with E-state index in [9.17, 15) is 4.79 Å². The van der Waals surface area contributed by atoms with Gasteiger partial charge >= 0.3 is 6.09 Å². The van der Waals surface area contributed by atoms with Gasteiger partial charge in [-0.05, 0) is 55.8 Å². The number of ether oxygens (including phenoxy) is 2. The maximum Gasteiger partial charge on any atom is 0.407 e. The summed E-state index contributed by atoms with van der Waals surface area (Å²) in [6, 6.07) is 3.47. The smallest absolute Gasteiger partial charge is 0.407 e. The van der Waals surface area contributed by atoms with Crippen molar-refractivity contribution in [3.63, 3.8) is 0 Å². The van der Waals surface area contributed by atoms with Crippen LogP contribution in [0.1, 0.15) is 27.7 Å². The van der Waals surface area contributed by atoms with Gasteiger partial charge in [0.25, 0.3) is 0 Å². The molecule has 1 unspecified atom stereocenters. The Bertz CT molecular complexity index is 432. The summed E-state index contributed by atoms with van der Waals surface area (Å²) in [5, 5.41) is 2.70. The number of aromatic nitrogens is 1. The number of nitrogens with zero attached hydrogens (tertiary/aromatic N) is 1. The van der Waals surface area contributed by atoms with Crippen molar-refractivity contribution in [2.75, 3.05) is 6.61 Å². The largest absolute Gasteiger partial charge is 0.475 e. The van der Waals surface area contributed by atoms with Crippen molar-refractivity contribution >= 4 is 22.0 Å². The first-order chi connectivity index (χ1) is 8.78. The molecule has 1 aromatic heterocycles. The number of rotatable bonds is 4. The minimum absolute atomic E-state index is 0.177. The molecule has 1 atom stereocenters. The van der Waals surface area contributed by atoms with Crippen molar-refractivity contribution in [1.82, 2.24) is 10.3 Å². The van der Waals surface area contributed by atoms with Gasteiger partial charge < -0.3 is 14.8 Å². The lowest BCUT2D eigenvalue weighted by Crippen LogP contribution is -2.40. The molecule has 1 rings (SSSR count).